The van der Waals surface area contributed by atoms with Gasteiger partial charge in [0.1, 0.15) is 11.5 Å². The molecule has 1 aromatic carbocycles. The second kappa shape index (κ2) is 7.37. The molecule has 1 atom stereocenters. The fraction of sp³-hybridized carbons (Fsp3) is 0.429. The minimum atomic E-state index is -0.739. The Morgan fingerprint density at radius 1 is 1.20 bits per heavy atom. The monoisotopic (exact) mass is 280 g/mol. The van der Waals surface area contributed by atoms with Crippen molar-refractivity contribution in [3.63, 3.8) is 0 Å². The van der Waals surface area contributed by atoms with E-state index < -0.39 is 11.8 Å². The van der Waals surface area contributed by atoms with E-state index in [0.29, 0.717) is 17.2 Å². The molecule has 6 nitrogen and oxygen atoms in total. The third-order valence-electron chi connectivity index (χ3n) is 2.85. The first-order valence-corrected chi connectivity index (χ1v) is 6.35. The van der Waals surface area contributed by atoms with Crippen molar-refractivity contribution in [3.8, 4) is 11.5 Å². The molecule has 1 rings (SSSR count). The standard InChI is InChI=1S/C14H20N2O4/c1-5-9(2)15-13(17)14(18)16-11-8-10(19-3)6-7-12(11)20-4/h6-9H,5H2,1-4H3,(H,15,17)(H,16,18)/t9-/m1/s1. The zero-order valence-electron chi connectivity index (χ0n) is 12.1. The molecule has 0 aliphatic heterocycles. The first kappa shape index (κ1) is 15.8. The number of benzene rings is 1. The van der Waals surface area contributed by atoms with Gasteiger partial charge < -0.3 is 20.1 Å². The Bertz CT molecular complexity index is 488. The zero-order valence-corrected chi connectivity index (χ0v) is 12.1. The van der Waals surface area contributed by atoms with E-state index in [-0.39, 0.29) is 6.04 Å². The molecule has 0 spiro atoms. The lowest BCUT2D eigenvalue weighted by molar-refractivity contribution is -0.136. The summed E-state index contributed by atoms with van der Waals surface area (Å²) in [6.07, 6.45) is 0.751. The van der Waals surface area contributed by atoms with Crippen molar-refractivity contribution in [2.75, 3.05) is 19.5 Å². The maximum Gasteiger partial charge on any atom is 0.313 e. The molecule has 0 unspecified atom stereocenters. The minimum Gasteiger partial charge on any atom is -0.497 e. The molecule has 2 amide bonds. The van der Waals surface area contributed by atoms with Gasteiger partial charge in [0.2, 0.25) is 0 Å². The van der Waals surface area contributed by atoms with Crippen LogP contribution in [0.2, 0.25) is 0 Å². The summed E-state index contributed by atoms with van der Waals surface area (Å²) < 4.78 is 10.2. The molecule has 0 aliphatic carbocycles. The first-order chi connectivity index (χ1) is 9.51. The van der Waals surface area contributed by atoms with Gasteiger partial charge in [-0.3, -0.25) is 9.59 Å². The van der Waals surface area contributed by atoms with Crippen LogP contribution >= 0.6 is 0 Å². The Kier molecular flexibility index (Phi) is 5.83. The van der Waals surface area contributed by atoms with E-state index in [1.807, 2.05) is 13.8 Å². The molecular weight excluding hydrogens is 260 g/mol. The van der Waals surface area contributed by atoms with E-state index in [2.05, 4.69) is 10.6 Å². The summed E-state index contributed by atoms with van der Waals surface area (Å²) >= 11 is 0. The van der Waals surface area contributed by atoms with E-state index in [4.69, 9.17) is 9.47 Å². The largest absolute Gasteiger partial charge is 0.497 e. The van der Waals surface area contributed by atoms with Gasteiger partial charge in [0.25, 0.3) is 0 Å². The van der Waals surface area contributed by atoms with Crippen LogP contribution in [0, 0.1) is 0 Å². The Morgan fingerprint density at radius 3 is 2.45 bits per heavy atom. The average Bonchev–Trinajstić information content (AvgIpc) is 2.46. The van der Waals surface area contributed by atoms with Crippen LogP contribution in [0.1, 0.15) is 20.3 Å². The van der Waals surface area contributed by atoms with Gasteiger partial charge in [0.15, 0.2) is 0 Å². The maximum atomic E-state index is 11.8. The summed E-state index contributed by atoms with van der Waals surface area (Å²) in [5, 5.41) is 5.10. The van der Waals surface area contributed by atoms with Crippen molar-refractivity contribution in [2.24, 2.45) is 0 Å². The molecule has 110 valence electrons. The molecule has 0 saturated carbocycles. The second-order valence-corrected chi connectivity index (χ2v) is 4.30. The van der Waals surface area contributed by atoms with Gasteiger partial charge in [-0.15, -0.1) is 0 Å². The molecule has 0 heterocycles. The number of carbonyl (C=O) groups is 2. The number of methoxy groups -OCH3 is 2. The van der Waals surface area contributed by atoms with Crippen LogP contribution in [0.25, 0.3) is 0 Å². The van der Waals surface area contributed by atoms with E-state index >= 15 is 0 Å². The summed E-state index contributed by atoms with van der Waals surface area (Å²) in [5.74, 6) is -0.403. The number of ether oxygens (including phenoxy) is 2. The number of nitrogens with one attached hydrogen (secondary N) is 2. The van der Waals surface area contributed by atoms with Crippen LogP contribution in [0.5, 0.6) is 11.5 Å². The highest BCUT2D eigenvalue weighted by molar-refractivity contribution is 6.39. The topological polar surface area (TPSA) is 76.7 Å². The van der Waals surface area contributed by atoms with E-state index in [0.717, 1.165) is 6.42 Å². The van der Waals surface area contributed by atoms with Gasteiger partial charge >= 0.3 is 11.8 Å². The molecule has 1 aromatic rings. The quantitative estimate of drug-likeness (QED) is 0.802. The first-order valence-electron chi connectivity index (χ1n) is 6.35. The van der Waals surface area contributed by atoms with E-state index in [1.165, 1.54) is 14.2 Å². The lowest BCUT2D eigenvalue weighted by atomic mass is 10.2. The van der Waals surface area contributed by atoms with Crippen molar-refractivity contribution >= 4 is 17.5 Å². The molecular formula is C14H20N2O4. The predicted molar refractivity (Wildman–Crippen MR) is 76.1 cm³/mol. The molecule has 20 heavy (non-hydrogen) atoms. The number of anilines is 1. The number of hydrogen-bond acceptors (Lipinski definition) is 4. The molecule has 0 aromatic heterocycles. The number of amides is 2. The third kappa shape index (κ3) is 4.15. The molecule has 0 radical (unpaired) electrons. The lowest BCUT2D eigenvalue weighted by Gasteiger charge is -2.13. The fourth-order valence-electron chi connectivity index (χ4n) is 1.48. The Hall–Kier alpha value is -2.24. The third-order valence-corrected chi connectivity index (χ3v) is 2.85. The summed E-state index contributed by atoms with van der Waals surface area (Å²) in [5.41, 5.74) is 0.385. The molecule has 6 heteroatoms. The van der Waals surface area contributed by atoms with Gasteiger partial charge in [-0.1, -0.05) is 6.92 Å². The van der Waals surface area contributed by atoms with Crippen molar-refractivity contribution < 1.29 is 19.1 Å². The molecule has 0 aliphatic rings. The van der Waals surface area contributed by atoms with E-state index in [9.17, 15) is 9.59 Å². The fourth-order valence-corrected chi connectivity index (χ4v) is 1.48. The van der Waals surface area contributed by atoms with E-state index in [1.54, 1.807) is 18.2 Å². The molecule has 0 bridgehead atoms. The number of rotatable bonds is 5. The van der Waals surface area contributed by atoms with Crippen LogP contribution in [-0.4, -0.2) is 32.1 Å². The number of hydrogen-bond donors (Lipinski definition) is 2. The lowest BCUT2D eigenvalue weighted by Crippen LogP contribution is -2.40. The molecule has 0 fully saturated rings. The van der Waals surface area contributed by atoms with Crippen LogP contribution in [-0.2, 0) is 9.59 Å². The smallest absolute Gasteiger partial charge is 0.313 e. The second-order valence-electron chi connectivity index (χ2n) is 4.30. The zero-order chi connectivity index (χ0) is 15.1. The van der Waals surface area contributed by atoms with Gasteiger partial charge in [0, 0.05) is 12.1 Å². The summed E-state index contributed by atoms with van der Waals surface area (Å²) in [6.45, 7) is 3.76. The van der Waals surface area contributed by atoms with Crippen LogP contribution in [0.4, 0.5) is 5.69 Å². The van der Waals surface area contributed by atoms with Crippen molar-refractivity contribution in [1.29, 1.82) is 0 Å². The summed E-state index contributed by atoms with van der Waals surface area (Å²) in [7, 11) is 3.00. The SMILES string of the molecule is CC[C@@H](C)NC(=O)C(=O)Nc1cc(OC)ccc1OC. The normalized spacial score (nSPS) is 11.4. The molecule has 2 N–H and O–H groups in total. The van der Waals surface area contributed by atoms with Gasteiger partial charge in [-0.2, -0.15) is 0 Å². The van der Waals surface area contributed by atoms with Crippen LogP contribution in [0.15, 0.2) is 18.2 Å². The summed E-state index contributed by atoms with van der Waals surface area (Å²) in [4.78, 5) is 23.5. The van der Waals surface area contributed by atoms with Crippen molar-refractivity contribution in [1.82, 2.24) is 5.32 Å². The van der Waals surface area contributed by atoms with Crippen molar-refractivity contribution in [3.05, 3.63) is 18.2 Å². The Labute approximate surface area is 118 Å². The Balaban J connectivity index is 2.81. The predicted octanol–water partition coefficient (Wildman–Crippen LogP) is 1.56. The average molecular weight is 280 g/mol. The summed E-state index contributed by atoms with van der Waals surface area (Å²) in [6, 6.07) is 4.89. The van der Waals surface area contributed by atoms with Gasteiger partial charge in [-0.25, -0.2) is 0 Å². The maximum absolute atomic E-state index is 11.8. The van der Waals surface area contributed by atoms with Crippen LogP contribution in [0.3, 0.4) is 0 Å². The highest BCUT2D eigenvalue weighted by Gasteiger charge is 2.17. The van der Waals surface area contributed by atoms with Crippen LogP contribution < -0.4 is 20.1 Å². The van der Waals surface area contributed by atoms with Gasteiger partial charge in [-0.05, 0) is 25.5 Å². The number of carbonyl (C=O) groups excluding carboxylic acids is 2. The van der Waals surface area contributed by atoms with Crippen molar-refractivity contribution in [2.45, 2.75) is 26.3 Å². The molecule has 0 saturated heterocycles. The van der Waals surface area contributed by atoms with Gasteiger partial charge in [0.05, 0.1) is 19.9 Å². The highest BCUT2D eigenvalue weighted by atomic mass is 16.5. The minimum absolute atomic E-state index is 0.0551. The highest BCUT2D eigenvalue weighted by Crippen LogP contribution is 2.28. The Morgan fingerprint density at radius 2 is 1.90 bits per heavy atom.